The van der Waals surface area contributed by atoms with E-state index in [9.17, 15) is 25.2 Å². The third-order valence-electron chi connectivity index (χ3n) is 10.3. The molecule has 0 aliphatic carbocycles. The summed E-state index contributed by atoms with van der Waals surface area (Å²) in [5, 5.41) is 40.1. The van der Waals surface area contributed by atoms with Crippen molar-refractivity contribution >= 4 is 5.97 Å². The summed E-state index contributed by atoms with van der Waals surface area (Å²) in [7, 11) is 0. The zero-order valence-corrected chi connectivity index (χ0v) is 34.7. The smallest absolute Gasteiger partial charge is 0.306 e. The number of hydrogen-bond donors (Lipinski definition) is 4. The van der Waals surface area contributed by atoms with Crippen molar-refractivity contribution in [3.63, 3.8) is 0 Å². The number of esters is 1. The van der Waals surface area contributed by atoms with Crippen molar-refractivity contribution in [2.75, 3.05) is 26.4 Å². The predicted octanol–water partition coefficient (Wildman–Crippen LogP) is 9.81. The molecule has 0 spiro atoms. The van der Waals surface area contributed by atoms with Gasteiger partial charge in [0.2, 0.25) is 0 Å². The third kappa shape index (κ3) is 28.1. The van der Waals surface area contributed by atoms with Crippen molar-refractivity contribution in [3.05, 3.63) is 24.3 Å². The summed E-state index contributed by atoms with van der Waals surface area (Å²) in [5.41, 5.74) is 0. The van der Waals surface area contributed by atoms with Crippen molar-refractivity contribution in [1.29, 1.82) is 0 Å². The van der Waals surface area contributed by atoms with Gasteiger partial charge in [-0.3, -0.25) is 4.79 Å². The fourth-order valence-corrected chi connectivity index (χ4v) is 6.77. The van der Waals surface area contributed by atoms with Crippen molar-refractivity contribution in [3.8, 4) is 0 Å². The Balaban J connectivity index is 2.24. The van der Waals surface area contributed by atoms with E-state index in [0.29, 0.717) is 13.0 Å². The lowest BCUT2D eigenvalue weighted by molar-refractivity contribution is -0.305. The topological polar surface area (TPSA) is 135 Å². The van der Waals surface area contributed by atoms with E-state index >= 15 is 0 Å². The largest absolute Gasteiger partial charge is 0.457 e. The zero-order chi connectivity index (χ0) is 39.3. The van der Waals surface area contributed by atoms with E-state index in [0.717, 1.165) is 44.9 Å². The van der Waals surface area contributed by atoms with Crippen molar-refractivity contribution < 1.29 is 44.2 Å². The van der Waals surface area contributed by atoms with Crippen molar-refractivity contribution in [1.82, 2.24) is 0 Å². The monoisotopic (exact) mass is 769 g/mol. The van der Waals surface area contributed by atoms with E-state index in [2.05, 4.69) is 38.2 Å². The summed E-state index contributed by atoms with van der Waals surface area (Å²) in [4.78, 5) is 12.7. The lowest BCUT2D eigenvalue weighted by atomic mass is 9.99. The molecular formula is C45H84O9. The number of rotatable bonds is 38. The first-order valence-corrected chi connectivity index (χ1v) is 22.4. The van der Waals surface area contributed by atoms with Crippen LogP contribution in [-0.4, -0.2) is 89.6 Å². The van der Waals surface area contributed by atoms with E-state index in [1.165, 1.54) is 128 Å². The minimum Gasteiger partial charge on any atom is -0.457 e. The van der Waals surface area contributed by atoms with Crippen LogP contribution in [0.1, 0.15) is 194 Å². The zero-order valence-electron chi connectivity index (χ0n) is 34.7. The van der Waals surface area contributed by atoms with Gasteiger partial charge in [0.1, 0.15) is 30.5 Å². The summed E-state index contributed by atoms with van der Waals surface area (Å²) in [5.74, 6) is -0.324. The number of aliphatic hydroxyl groups is 4. The lowest BCUT2D eigenvalue weighted by Crippen LogP contribution is -2.59. The molecule has 0 bridgehead atoms. The van der Waals surface area contributed by atoms with Crippen LogP contribution >= 0.6 is 0 Å². The van der Waals surface area contributed by atoms with E-state index in [-0.39, 0.29) is 19.2 Å². The van der Waals surface area contributed by atoms with Gasteiger partial charge < -0.3 is 39.4 Å². The summed E-state index contributed by atoms with van der Waals surface area (Å²) in [6, 6.07) is 0. The Morgan fingerprint density at radius 3 is 1.54 bits per heavy atom. The van der Waals surface area contributed by atoms with Crippen LogP contribution in [0.5, 0.6) is 0 Å². The molecule has 0 radical (unpaired) electrons. The predicted molar refractivity (Wildman–Crippen MR) is 219 cm³/mol. The Labute approximate surface area is 330 Å². The van der Waals surface area contributed by atoms with Crippen molar-refractivity contribution in [2.45, 2.75) is 230 Å². The summed E-state index contributed by atoms with van der Waals surface area (Å²) in [6.07, 6.45) is 34.9. The lowest BCUT2D eigenvalue weighted by Gasteiger charge is -2.39. The standard InChI is InChI=1S/C45H84O9/c1-3-5-7-9-11-13-15-17-18-19-20-21-22-23-25-27-29-31-33-35-51-37-39(38-52-45-44(50)43(49)42(48)40(36-46)54-45)53-41(47)34-32-30-28-26-24-16-14-12-10-8-6-4-2/h12,14,18-19,39-40,42-46,48-50H,3-11,13,15-17,20-38H2,1-2H3/b14-12-,19-18-. The first-order chi connectivity index (χ1) is 26.4. The molecule has 4 N–H and O–H groups in total. The SMILES string of the molecule is CCCCC/C=C\CCCCCCCC(=O)OC(COCCCCCCCCCC/C=C\CCCCCCCCC)COC1OC(CO)C(O)C(O)C1O. The molecule has 1 aliphatic rings. The quantitative estimate of drug-likeness (QED) is 0.0275. The van der Waals surface area contributed by atoms with Crippen LogP contribution in [0, 0.1) is 0 Å². The highest BCUT2D eigenvalue weighted by Gasteiger charge is 2.44. The van der Waals surface area contributed by atoms with Gasteiger partial charge in [-0.25, -0.2) is 0 Å². The van der Waals surface area contributed by atoms with Gasteiger partial charge in [0.25, 0.3) is 0 Å². The maximum absolute atomic E-state index is 12.7. The van der Waals surface area contributed by atoms with Gasteiger partial charge in [0.15, 0.2) is 6.29 Å². The Morgan fingerprint density at radius 2 is 1.02 bits per heavy atom. The van der Waals surface area contributed by atoms with Crippen LogP contribution in [0.3, 0.4) is 0 Å². The van der Waals surface area contributed by atoms with Crippen LogP contribution < -0.4 is 0 Å². The Hall–Kier alpha value is -1.33. The van der Waals surface area contributed by atoms with Crippen LogP contribution in [0.4, 0.5) is 0 Å². The van der Waals surface area contributed by atoms with Gasteiger partial charge in [-0.2, -0.15) is 0 Å². The Morgan fingerprint density at radius 1 is 0.574 bits per heavy atom. The molecule has 0 saturated carbocycles. The number of carbonyl (C=O) groups excluding carboxylic acids is 1. The molecule has 54 heavy (non-hydrogen) atoms. The summed E-state index contributed by atoms with van der Waals surface area (Å²) < 4.78 is 22.8. The highest BCUT2D eigenvalue weighted by Crippen LogP contribution is 2.22. The Kier molecular flexibility index (Phi) is 35.0. The van der Waals surface area contributed by atoms with Gasteiger partial charge in [-0.15, -0.1) is 0 Å². The number of ether oxygens (including phenoxy) is 4. The van der Waals surface area contributed by atoms with Crippen LogP contribution in [0.15, 0.2) is 24.3 Å². The minimum atomic E-state index is -1.54. The van der Waals surface area contributed by atoms with E-state index < -0.39 is 43.4 Å². The van der Waals surface area contributed by atoms with Crippen LogP contribution in [-0.2, 0) is 23.7 Å². The van der Waals surface area contributed by atoms with Crippen molar-refractivity contribution in [2.24, 2.45) is 0 Å². The average Bonchev–Trinajstić information content (AvgIpc) is 3.17. The molecule has 1 saturated heterocycles. The summed E-state index contributed by atoms with van der Waals surface area (Å²) in [6.45, 7) is 4.53. The average molecular weight is 769 g/mol. The normalized spacial score (nSPS) is 21.0. The van der Waals surface area contributed by atoms with Gasteiger partial charge in [-0.1, -0.05) is 147 Å². The molecule has 0 aromatic heterocycles. The molecule has 318 valence electrons. The molecular weight excluding hydrogens is 684 g/mol. The maximum Gasteiger partial charge on any atom is 0.306 e. The molecule has 1 fully saturated rings. The molecule has 9 nitrogen and oxygen atoms in total. The number of unbranched alkanes of at least 4 members (excludes halogenated alkanes) is 23. The number of aliphatic hydroxyl groups excluding tert-OH is 4. The van der Waals surface area contributed by atoms with Crippen LogP contribution in [0.25, 0.3) is 0 Å². The van der Waals surface area contributed by atoms with Gasteiger partial charge in [-0.05, 0) is 64.2 Å². The molecule has 1 rings (SSSR count). The second-order valence-corrected chi connectivity index (χ2v) is 15.5. The Bertz CT molecular complexity index is 879. The molecule has 1 heterocycles. The summed E-state index contributed by atoms with van der Waals surface area (Å²) >= 11 is 0. The fraction of sp³-hybridized carbons (Fsp3) is 0.889. The van der Waals surface area contributed by atoms with Gasteiger partial charge in [0.05, 0.1) is 19.8 Å². The number of allylic oxidation sites excluding steroid dienone is 4. The first kappa shape index (κ1) is 50.7. The van der Waals surface area contributed by atoms with Gasteiger partial charge in [0, 0.05) is 13.0 Å². The van der Waals surface area contributed by atoms with E-state index in [4.69, 9.17) is 18.9 Å². The highest BCUT2D eigenvalue weighted by molar-refractivity contribution is 5.69. The van der Waals surface area contributed by atoms with E-state index in [1.54, 1.807) is 0 Å². The second kappa shape index (κ2) is 37.3. The highest BCUT2D eigenvalue weighted by atomic mass is 16.7. The molecule has 0 amide bonds. The molecule has 0 aromatic carbocycles. The van der Waals surface area contributed by atoms with E-state index in [1.807, 2.05) is 0 Å². The first-order valence-electron chi connectivity index (χ1n) is 22.4. The maximum atomic E-state index is 12.7. The molecule has 6 unspecified atom stereocenters. The van der Waals surface area contributed by atoms with Gasteiger partial charge >= 0.3 is 5.97 Å². The molecule has 0 aromatic rings. The van der Waals surface area contributed by atoms with Crippen LogP contribution in [0.2, 0.25) is 0 Å². The molecule has 6 atom stereocenters. The minimum absolute atomic E-state index is 0.116. The fourth-order valence-electron chi connectivity index (χ4n) is 6.77. The number of hydrogen-bond acceptors (Lipinski definition) is 9. The third-order valence-corrected chi connectivity index (χ3v) is 10.3. The molecule has 1 aliphatic heterocycles. The number of carbonyl (C=O) groups is 1. The second-order valence-electron chi connectivity index (χ2n) is 15.5. The molecule has 9 heteroatoms.